The minimum Gasteiger partial charge on any atom is -0.444 e. The van der Waals surface area contributed by atoms with E-state index in [-0.39, 0.29) is 18.3 Å². The van der Waals surface area contributed by atoms with Crippen molar-refractivity contribution in [3.63, 3.8) is 0 Å². The monoisotopic (exact) mass is 525 g/mol. The molecule has 3 atom stereocenters. The van der Waals surface area contributed by atoms with Crippen LogP contribution in [0.2, 0.25) is 0 Å². The topological polar surface area (TPSA) is 108 Å². The maximum Gasteiger partial charge on any atom is 0.410 e. The van der Waals surface area contributed by atoms with Crippen molar-refractivity contribution < 1.29 is 24.2 Å². The van der Waals surface area contributed by atoms with Crippen LogP contribution in [-0.2, 0) is 20.7 Å². The Bertz CT molecular complexity index is 849. The van der Waals surface area contributed by atoms with E-state index in [1.165, 1.54) is 4.90 Å². The number of hydrogen-bond donors (Lipinski definition) is 3. The Morgan fingerprint density at radius 2 is 1.58 bits per heavy atom. The molecule has 3 unspecified atom stereocenters. The Labute approximate surface area is 221 Å². The van der Waals surface area contributed by atoms with Gasteiger partial charge in [0.1, 0.15) is 17.5 Å². The molecule has 0 saturated carbocycles. The number of aliphatic hydroxyl groups is 1. The third kappa shape index (κ3) is 11.6. The van der Waals surface area contributed by atoms with Crippen molar-refractivity contribution in [3.05, 3.63) is 35.9 Å². The maximum absolute atomic E-state index is 13.3. The standard InChI is InChI=1S/C27H44ClN3O5/c1-18(2)16-31(25(35)36-27(6,7)8)17-21(32)20(14-19-12-10-9-11-13-19)29-24(34)23(26(3,4)5)30-22(33)15-28/h9-13,18,20-21,23,32H,14-17H2,1-8H3,(H,29,34)(H,30,33). The quantitative estimate of drug-likeness (QED) is 0.381. The number of nitrogens with one attached hydrogen (secondary N) is 2. The summed E-state index contributed by atoms with van der Waals surface area (Å²) in [4.78, 5) is 39.7. The fourth-order valence-electron chi connectivity index (χ4n) is 3.64. The third-order valence-corrected chi connectivity index (χ3v) is 5.53. The van der Waals surface area contributed by atoms with Crippen LogP contribution < -0.4 is 10.6 Å². The van der Waals surface area contributed by atoms with Gasteiger partial charge in [0.25, 0.3) is 0 Å². The van der Waals surface area contributed by atoms with Crippen LogP contribution in [0, 0.1) is 11.3 Å². The number of nitrogens with zero attached hydrogens (tertiary/aromatic N) is 1. The molecule has 0 spiro atoms. The van der Waals surface area contributed by atoms with Crippen molar-refractivity contribution in [2.75, 3.05) is 19.0 Å². The second-order valence-electron chi connectivity index (χ2n) is 11.7. The van der Waals surface area contributed by atoms with Gasteiger partial charge in [0.2, 0.25) is 11.8 Å². The van der Waals surface area contributed by atoms with Gasteiger partial charge in [-0.15, -0.1) is 11.6 Å². The minimum absolute atomic E-state index is 0.0287. The van der Waals surface area contributed by atoms with Crippen molar-refractivity contribution in [3.8, 4) is 0 Å². The number of amides is 3. The van der Waals surface area contributed by atoms with E-state index < -0.39 is 47.1 Å². The molecule has 1 aromatic rings. The summed E-state index contributed by atoms with van der Waals surface area (Å²) in [5.41, 5.74) is -0.379. The highest BCUT2D eigenvalue weighted by Crippen LogP contribution is 2.21. The molecule has 0 aromatic heterocycles. The molecule has 0 fully saturated rings. The SMILES string of the molecule is CC(C)CN(CC(O)C(Cc1ccccc1)NC(=O)C(NC(=O)CCl)C(C)(C)C)C(=O)OC(C)(C)C. The first-order chi connectivity index (χ1) is 16.5. The summed E-state index contributed by atoms with van der Waals surface area (Å²) in [6, 6.07) is 7.86. The maximum atomic E-state index is 13.3. The Morgan fingerprint density at radius 1 is 1.00 bits per heavy atom. The average molecular weight is 526 g/mol. The number of carbonyl (C=O) groups is 3. The fourth-order valence-corrected chi connectivity index (χ4v) is 3.71. The molecular weight excluding hydrogens is 482 g/mol. The van der Waals surface area contributed by atoms with Crippen LogP contribution in [0.4, 0.5) is 4.79 Å². The van der Waals surface area contributed by atoms with E-state index in [1.54, 1.807) is 20.8 Å². The summed E-state index contributed by atoms with van der Waals surface area (Å²) in [6.45, 7) is 15.2. The molecule has 0 aliphatic carbocycles. The minimum atomic E-state index is -1.09. The molecule has 0 heterocycles. The van der Waals surface area contributed by atoms with E-state index in [9.17, 15) is 19.5 Å². The zero-order valence-electron chi connectivity index (χ0n) is 22.9. The molecule has 0 bridgehead atoms. The molecule has 0 saturated heterocycles. The molecule has 204 valence electrons. The number of carbonyl (C=O) groups excluding carboxylic acids is 3. The summed E-state index contributed by atoms with van der Waals surface area (Å²) >= 11 is 5.66. The van der Waals surface area contributed by atoms with Crippen LogP contribution in [0.3, 0.4) is 0 Å². The highest BCUT2D eigenvalue weighted by Gasteiger charge is 2.36. The van der Waals surface area contributed by atoms with Gasteiger partial charge in [-0.1, -0.05) is 65.0 Å². The molecule has 0 radical (unpaired) electrons. The molecular formula is C27H44ClN3O5. The van der Waals surface area contributed by atoms with Gasteiger partial charge in [0, 0.05) is 6.54 Å². The lowest BCUT2D eigenvalue weighted by Gasteiger charge is -2.35. The zero-order valence-corrected chi connectivity index (χ0v) is 23.7. The summed E-state index contributed by atoms with van der Waals surface area (Å²) in [7, 11) is 0. The fraction of sp³-hybridized carbons (Fsp3) is 0.667. The van der Waals surface area contributed by atoms with Crippen LogP contribution in [-0.4, -0.2) is 70.7 Å². The highest BCUT2D eigenvalue weighted by molar-refractivity contribution is 6.27. The van der Waals surface area contributed by atoms with Gasteiger partial charge >= 0.3 is 6.09 Å². The molecule has 1 rings (SSSR count). The lowest BCUT2D eigenvalue weighted by molar-refractivity contribution is -0.131. The number of rotatable bonds is 11. The normalized spacial score (nSPS) is 14.5. The van der Waals surface area contributed by atoms with Crippen LogP contribution in [0.25, 0.3) is 0 Å². The Morgan fingerprint density at radius 3 is 2.06 bits per heavy atom. The second-order valence-corrected chi connectivity index (χ2v) is 11.9. The molecule has 1 aromatic carbocycles. The Hall–Kier alpha value is -2.32. The molecule has 0 aliphatic rings. The largest absolute Gasteiger partial charge is 0.444 e. The van der Waals surface area contributed by atoms with Crippen LogP contribution in [0.1, 0.15) is 61.0 Å². The van der Waals surface area contributed by atoms with Crippen molar-refractivity contribution in [2.24, 2.45) is 11.3 Å². The molecule has 8 nitrogen and oxygen atoms in total. The van der Waals surface area contributed by atoms with Crippen molar-refractivity contribution in [2.45, 2.75) is 85.6 Å². The summed E-state index contributed by atoms with van der Waals surface area (Å²) in [5.74, 6) is -1.02. The molecule has 3 amide bonds. The number of ether oxygens (including phenoxy) is 1. The number of alkyl halides is 1. The first-order valence-corrected chi connectivity index (χ1v) is 12.9. The van der Waals surface area contributed by atoms with Gasteiger partial charge < -0.3 is 25.4 Å². The Kier molecular flexibility index (Phi) is 12.2. The van der Waals surface area contributed by atoms with Gasteiger partial charge in [-0.05, 0) is 44.1 Å². The van der Waals surface area contributed by atoms with Crippen molar-refractivity contribution >= 4 is 29.5 Å². The first kappa shape index (κ1) is 31.7. The van der Waals surface area contributed by atoms with Gasteiger partial charge in [-0.2, -0.15) is 0 Å². The van der Waals surface area contributed by atoms with Crippen LogP contribution in [0.15, 0.2) is 30.3 Å². The predicted octanol–water partition coefficient (Wildman–Crippen LogP) is 3.74. The lowest BCUT2D eigenvalue weighted by Crippen LogP contribution is -2.59. The third-order valence-electron chi connectivity index (χ3n) is 5.29. The molecule has 0 aliphatic heterocycles. The van der Waals surface area contributed by atoms with E-state index >= 15 is 0 Å². The van der Waals surface area contributed by atoms with E-state index in [0.29, 0.717) is 13.0 Å². The summed E-state index contributed by atoms with van der Waals surface area (Å²) < 4.78 is 5.55. The predicted molar refractivity (Wildman–Crippen MR) is 143 cm³/mol. The van der Waals surface area contributed by atoms with Gasteiger partial charge in [0.15, 0.2) is 0 Å². The summed E-state index contributed by atoms with van der Waals surface area (Å²) in [6.07, 6.45) is -1.29. The number of benzene rings is 1. The molecule has 36 heavy (non-hydrogen) atoms. The average Bonchev–Trinajstić information content (AvgIpc) is 2.74. The Balaban J connectivity index is 3.21. The van der Waals surface area contributed by atoms with E-state index in [4.69, 9.17) is 16.3 Å². The molecule has 9 heteroatoms. The van der Waals surface area contributed by atoms with Crippen molar-refractivity contribution in [1.29, 1.82) is 0 Å². The number of halogens is 1. The van der Waals surface area contributed by atoms with Crippen molar-refractivity contribution in [1.82, 2.24) is 15.5 Å². The zero-order chi connectivity index (χ0) is 27.7. The highest BCUT2D eigenvalue weighted by atomic mass is 35.5. The lowest BCUT2D eigenvalue weighted by atomic mass is 9.85. The number of aliphatic hydroxyl groups excluding tert-OH is 1. The van der Waals surface area contributed by atoms with E-state index in [0.717, 1.165) is 5.56 Å². The second kappa shape index (κ2) is 13.8. The van der Waals surface area contributed by atoms with Crippen LogP contribution in [0.5, 0.6) is 0 Å². The van der Waals surface area contributed by atoms with E-state index in [2.05, 4.69) is 10.6 Å². The summed E-state index contributed by atoms with van der Waals surface area (Å²) in [5, 5.41) is 16.9. The van der Waals surface area contributed by atoms with Gasteiger partial charge in [-0.25, -0.2) is 4.79 Å². The van der Waals surface area contributed by atoms with Crippen LogP contribution >= 0.6 is 11.6 Å². The van der Waals surface area contributed by atoms with Gasteiger partial charge in [-0.3, -0.25) is 9.59 Å². The van der Waals surface area contributed by atoms with E-state index in [1.807, 2.05) is 65.0 Å². The number of hydrogen-bond acceptors (Lipinski definition) is 5. The first-order valence-electron chi connectivity index (χ1n) is 12.4. The smallest absolute Gasteiger partial charge is 0.410 e. The van der Waals surface area contributed by atoms with Gasteiger partial charge in [0.05, 0.1) is 18.7 Å². The molecule has 3 N–H and O–H groups in total.